The fraction of sp³-hybridized carbons (Fsp3) is 0.346. The number of phenols is 2. The lowest BCUT2D eigenvalue weighted by atomic mass is 9.98. The van der Waals surface area contributed by atoms with Gasteiger partial charge >= 0.3 is 0 Å². The minimum absolute atomic E-state index is 0.00465. The number of hydrogen-bond acceptors (Lipinski definition) is 8. The van der Waals surface area contributed by atoms with Gasteiger partial charge in [0.15, 0.2) is 5.84 Å². The van der Waals surface area contributed by atoms with Crippen LogP contribution in [-0.2, 0) is 0 Å². The van der Waals surface area contributed by atoms with Crippen molar-refractivity contribution in [1.29, 1.82) is 10.8 Å². The van der Waals surface area contributed by atoms with E-state index in [0.717, 1.165) is 31.9 Å². The summed E-state index contributed by atoms with van der Waals surface area (Å²) in [6.07, 6.45) is 3.26. The molecule has 2 heterocycles. The first-order valence-corrected chi connectivity index (χ1v) is 11.8. The average molecular weight is 476 g/mol. The molecule has 0 amide bonds. The molecule has 35 heavy (non-hydrogen) atoms. The molecule has 2 aromatic carbocycles. The summed E-state index contributed by atoms with van der Waals surface area (Å²) in [7, 11) is 2.12. The van der Waals surface area contributed by atoms with Crippen molar-refractivity contribution in [2.45, 2.75) is 19.8 Å². The molecule has 184 valence electrons. The number of anilines is 2. The van der Waals surface area contributed by atoms with Gasteiger partial charge in [-0.3, -0.25) is 20.7 Å². The van der Waals surface area contributed by atoms with Crippen molar-refractivity contribution in [1.82, 2.24) is 10.2 Å². The third kappa shape index (κ3) is 5.14. The highest BCUT2D eigenvalue weighted by atomic mass is 16.3. The summed E-state index contributed by atoms with van der Waals surface area (Å²) in [5.41, 5.74) is 3.05. The summed E-state index contributed by atoms with van der Waals surface area (Å²) in [5, 5.41) is 42.0. The Morgan fingerprint density at radius 1 is 1.00 bits per heavy atom. The Kier molecular flexibility index (Phi) is 7.07. The standard InChI is InChI=1S/C26H33N7O2/c1-17(2)20-14-21(24(35)15-23(20)34)25(27)33(26(28)22-16-29-8-9-30-22)19-6-4-18(5-7-19)32-12-10-31(3)11-13-32/h4-8,14-17,27-28,30,34-35H,9-13H2,1-3H3. The van der Waals surface area contributed by atoms with Gasteiger partial charge in [0.2, 0.25) is 0 Å². The molecule has 0 aromatic heterocycles. The number of benzene rings is 2. The largest absolute Gasteiger partial charge is 0.508 e. The van der Waals surface area contributed by atoms with E-state index in [4.69, 9.17) is 10.8 Å². The Bertz CT molecular complexity index is 1160. The number of nitrogens with one attached hydrogen (secondary N) is 3. The molecule has 1 fully saturated rings. The Morgan fingerprint density at radius 3 is 2.29 bits per heavy atom. The Morgan fingerprint density at radius 2 is 1.69 bits per heavy atom. The molecule has 0 spiro atoms. The monoisotopic (exact) mass is 475 g/mol. The van der Waals surface area contributed by atoms with Crippen molar-refractivity contribution in [3.8, 4) is 11.5 Å². The summed E-state index contributed by atoms with van der Waals surface area (Å²) in [4.78, 5) is 10.3. The minimum Gasteiger partial charge on any atom is -0.508 e. The summed E-state index contributed by atoms with van der Waals surface area (Å²) < 4.78 is 0. The van der Waals surface area contributed by atoms with Crippen molar-refractivity contribution in [2.75, 3.05) is 49.6 Å². The van der Waals surface area contributed by atoms with Crippen LogP contribution in [0.5, 0.6) is 11.5 Å². The second kappa shape index (κ2) is 10.2. The molecule has 0 atom stereocenters. The number of hydrogen-bond donors (Lipinski definition) is 5. The molecule has 5 N–H and O–H groups in total. The van der Waals surface area contributed by atoms with Gasteiger partial charge in [0.05, 0.1) is 24.0 Å². The van der Waals surface area contributed by atoms with Crippen molar-refractivity contribution >= 4 is 29.3 Å². The predicted octanol–water partition coefficient (Wildman–Crippen LogP) is 3.30. The van der Waals surface area contributed by atoms with Gasteiger partial charge < -0.3 is 25.3 Å². The van der Waals surface area contributed by atoms with Crippen molar-refractivity contribution < 1.29 is 10.2 Å². The molecule has 0 radical (unpaired) electrons. The number of phenolic OH excluding ortho intramolecular Hbond substituents is 2. The zero-order valence-electron chi connectivity index (χ0n) is 20.4. The molecule has 0 aliphatic carbocycles. The van der Waals surface area contributed by atoms with E-state index in [9.17, 15) is 10.2 Å². The van der Waals surface area contributed by atoms with Crippen molar-refractivity contribution in [2.24, 2.45) is 4.99 Å². The summed E-state index contributed by atoms with van der Waals surface area (Å²) in [6, 6.07) is 10.7. The van der Waals surface area contributed by atoms with Crippen molar-refractivity contribution in [3.63, 3.8) is 0 Å². The molecule has 0 saturated carbocycles. The minimum atomic E-state index is -0.215. The number of rotatable bonds is 5. The number of piperazine rings is 1. The molecule has 4 rings (SSSR count). The molecule has 2 aliphatic heterocycles. The van der Waals surface area contributed by atoms with E-state index in [1.165, 1.54) is 11.0 Å². The second-order valence-corrected chi connectivity index (χ2v) is 9.18. The van der Waals surface area contributed by atoms with Gasteiger partial charge in [0.25, 0.3) is 0 Å². The maximum atomic E-state index is 10.6. The van der Waals surface area contributed by atoms with Gasteiger partial charge in [-0.25, -0.2) is 0 Å². The zero-order chi connectivity index (χ0) is 25.1. The smallest absolute Gasteiger partial charge is 0.156 e. The SMILES string of the molecule is CC(C)c1cc(C(=N)N(C(=N)C2=CN=CCN2)c2ccc(N3CCN(C)CC3)cc2)c(O)cc1O. The lowest BCUT2D eigenvalue weighted by Crippen LogP contribution is -2.44. The average Bonchev–Trinajstić information content (AvgIpc) is 2.85. The first-order valence-electron chi connectivity index (χ1n) is 11.8. The number of amidine groups is 2. The fourth-order valence-electron chi connectivity index (χ4n) is 4.26. The Labute approximate surface area is 206 Å². The molecule has 1 saturated heterocycles. The van der Waals surface area contributed by atoms with Crippen LogP contribution in [0.4, 0.5) is 11.4 Å². The first kappa shape index (κ1) is 24.3. The lowest BCUT2D eigenvalue weighted by molar-refractivity contribution is 0.313. The van der Waals surface area contributed by atoms with Gasteiger partial charge in [-0.15, -0.1) is 0 Å². The van der Waals surface area contributed by atoms with E-state index in [1.54, 1.807) is 18.5 Å². The Balaban J connectivity index is 1.72. The van der Waals surface area contributed by atoms with Crippen LogP contribution >= 0.6 is 0 Å². The highest BCUT2D eigenvalue weighted by Gasteiger charge is 2.26. The van der Waals surface area contributed by atoms with Gasteiger partial charge in [-0.05, 0) is 48.9 Å². The highest BCUT2D eigenvalue weighted by Crippen LogP contribution is 2.34. The molecule has 0 bridgehead atoms. The van der Waals surface area contributed by atoms with E-state index in [0.29, 0.717) is 23.5 Å². The summed E-state index contributed by atoms with van der Waals surface area (Å²) >= 11 is 0. The molecule has 2 aliphatic rings. The van der Waals surface area contributed by atoms with Crippen LogP contribution in [0.3, 0.4) is 0 Å². The van der Waals surface area contributed by atoms with Crippen LogP contribution < -0.4 is 15.1 Å². The maximum absolute atomic E-state index is 10.6. The van der Waals surface area contributed by atoms with Crippen LogP contribution in [0.2, 0.25) is 0 Å². The van der Waals surface area contributed by atoms with Crippen LogP contribution in [-0.4, -0.2) is 72.8 Å². The van der Waals surface area contributed by atoms with E-state index < -0.39 is 0 Å². The predicted molar refractivity (Wildman–Crippen MR) is 142 cm³/mol. The van der Waals surface area contributed by atoms with Crippen molar-refractivity contribution in [3.05, 3.63) is 59.4 Å². The van der Waals surface area contributed by atoms with E-state index in [-0.39, 0.29) is 34.7 Å². The summed E-state index contributed by atoms with van der Waals surface area (Å²) in [6.45, 7) is 8.25. The van der Waals surface area contributed by atoms with Gasteiger partial charge in [-0.1, -0.05) is 13.8 Å². The highest BCUT2D eigenvalue weighted by molar-refractivity contribution is 6.28. The van der Waals surface area contributed by atoms with Gasteiger partial charge in [0, 0.05) is 49.8 Å². The zero-order valence-corrected chi connectivity index (χ0v) is 20.4. The van der Waals surface area contributed by atoms with E-state index in [2.05, 4.69) is 27.2 Å². The van der Waals surface area contributed by atoms with Crippen LogP contribution in [0, 0.1) is 10.8 Å². The Hall–Kier alpha value is -3.85. The number of nitrogens with zero attached hydrogens (tertiary/aromatic N) is 4. The second-order valence-electron chi connectivity index (χ2n) is 9.18. The summed E-state index contributed by atoms with van der Waals surface area (Å²) in [5.74, 6) is -0.266. The number of likely N-dealkylation sites (N-methyl/N-ethyl adjacent to an activating group) is 1. The quantitative estimate of drug-likeness (QED) is 0.334. The number of aliphatic imine (C=N–C) groups is 1. The third-order valence-electron chi connectivity index (χ3n) is 6.39. The van der Waals surface area contributed by atoms with Crippen LogP contribution in [0.15, 0.2) is 53.3 Å². The normalized spacial score (nSPS) is 16.1. The maximum Gasteiger partial charge on any atom is 0.156 e. The van der Waals surface area contributed by atoms with Gasteiger partial charge in [-0.2, -0.15) is 0 Å². The van der Waals surface area contributed by atoms with Gasteiger partial charge in [0.1, 0.15) is 17.3 Å². The molecular formula is C26H33N7O2. The topological polar surface area (TPSA) is 122 Å². The molecular weight excluding hydrogens is 442 g/mol. The molecule has 2 aromatic rings. The van der Waals surface area contributed by atoms with Crippen LogP contribution in [0.1, 0.15) is 30.9 Å². The molecule has 0 unspecified atom stereocenters. The lowest BCUT2D eigenvalue weighted by Gasteiger charge is -2.34. The number of aromatic hydroxyl groups is 2. The first-order chi connectivity index (χ1) is 16.8. The van der Waals surface area contributed by atoms with Crippen LogP contribution in [0.25, 0.3) is 0 Å². The third-order valence-corrected chi connectivity index (χ3v) is 6.39. The molecule has 9 nitrogen and oxygen atoms in total. The fourth-order valence-corrected chi connectivity index (χ4v) is 4.26. The molecule has 9 heteroatoms. The van der Waals surface area contributed by atoms with E-state index >= 15 is 0 Å². The van der Waals surface area contributed by atoms with E-state index in [1.807, 2.05) is 38.1 Å².